The summed E-state index contributed by atoms with van der Waals surface area (Å²) in [6.07, 6.45) is 1.86. The minimum absolute atomic E-state index is 0.0421. The Morgan fingerprint density at radius 1 is 1.19 bits per heavy atom. The van der Waals surface area contributed by atoms with E-state index in [2.05, 4.69) is 4.72 Å². The van der Waals surface area contributed by atoms with Gasteiger partial charge < -0.3 is 19.3 Å². The number of carbonyl (C=O) groups is 2. The lowest BCUT2D eigenvalue weighted by Crippen LogP contribution is -2.25. The molecule has 168 valence electrons. The Balaban J connectivity index is 1.50. The maximum absolute atomic E-state index is 12.8. The normalized spacial score (nSPS) is 16.6. The van der Waals surface area contributed by atoms with E-state index in [0.717, 1.165) is 10.9 Å². The summed E-state index contributed by atoms with van der Waals surface area (Å²) in [7, 11) is -2.20. The van der Waals surface area contributed by atoms with E-state index < -0.39 is 21.9 Å². The van der Waals surface area contributed by atoms with Crippen LogP contribution in [0, 0.1) is 5.92 Å². The number of carboxylic acid groups (broad SMARTS) is 1. The van der Waals surface area contributed by atoms with Crippen LogP contribution in [0.1, 0.15) is 6.42 Å². The summed E-state index contributed by atoms with van der Waals surface area (Å²) in [6, 6.07) is 13.0. The van der Waals surface area contributed by atoms with E-state index >= 15 is 0 Å². The first-order chi connectivity index (χ1) is 15.3. The molecule has 32 heavy (non-hydrogen) atoms. The monoisotopic (exact) mass is 457 g/mol. The summed E-state index contributed by atoms with van der Waals surface area (Å²) in [6.45, 7) is 1.35. The Morgan fingerprint density at radius 2 is 1.94 bits per heavy atom. The third kappa shape index (κ3) is 4.32. The Labute approximate surface area is 185 Å². The van der Waals surface area contributed by atoms with Gasteiger partial charge in [0, 0.05) is 55.1 Å². The molecule has 0 radical (unpaired) electrons. The van der Waals surface area contributed by atoms with Crippen molar-refractivity contribution < 1.29 is 27.9 Å². The number of methoxy groups -OCH3 is 1. The quantitative estimate of drug-likeness (QED) is 0.537. The van der Waals surface area contributed by atoms with Crippen molar-refractivity contribution in [2.24, 2.45) is 5.92 Å². The fraction of sp³-hybridized carbons (Fsp3) is 0.273. The van der Waals surface area contributed by atoms with Crippen LogP contribution in [-0.2, 0) is 30.9 Å². The molecule has 3 aromatic rings. The highest BCUT2D eigenvalue weighted by Gasteiger charge is 2.35. The number of ether oxygens (including phenoxy) is 1. The van der Waals surface area contributed by atoms with Crippen molar-refractivity contribution in [2.45, 2.75) is 17.9 Å². The molecule has 1 aromatic heterocycles. The molecular weight excluding hydrogens is 434 g/mol. The predicted octanol–water partition coefficient (Wildman–Crippen LogP) is 2.53. The average Bonchev–Trinajstić information content (AvgIpc) is 3.35. The van der Waals surface area contributed by atoms with Gasteiger partial charge in [-0.2, -0.15) is 0 Å². The summed E-state index contributed by atoms with van der Waals surface area (Å²) in [5, 5.41) is 10.0. The molecule has 0 bridgehead atoms. The van der Waals surface area contributed by atoms with Gasteiger partial charge in [-0.25, -0.2) is 8.42 Å². The Bertz CT molecular complexity index is 1270. The first-order valence-corrected chi connectivity index (χ1v) is 11.5. The van der Waals surface area contributed by atoms with E-state index in [0.29, 0.717) is 24.5 Å². The number of aromatic nitrogens is 1. The van der Waals surface area contributed by atoms with Crippen molar-refractivity contribution in [1.82, 2.24) is 4.57 Å². The first kappa shape index (κ1) is 21.8. The van der Waals surface area contributed by atoms with Crippen LogP contribution in [0.4, 0.5) is 11.4 Å². The molecule has 1 atom stereocenters. The number of rotatable bonds is 8. The van der Waals surface area contributed by atoms with Gasteiger partial charge in [0.05, 0.1) is 17.4 Å². The molecule has 9 nitrogen and oxygen atoms in total. The SMILES string of the molecule is COCCn1ccc2cc(NS(=O)(=O)c3ccc(N4CC(C(=O)O)CC4=O)cc3)ccc21. The van der Waals surface area contributed by atoms with E-state index in [-0.39, 0.29) is 23.8 Å². The Hall–Kier alpha value is -3.37. The number of benzene rings is 2. The minimum Gasteiger partial charge on any atom is -0.481 e. The zero-order valence-corrected chi connectivity index (χ0v) is 18.2. The minimum atomic E-state index is -3.84. The molecule has 1 amide bonds. The largest absolute Gasteiger partial charge is 0.481 e. The molecule has 2 N–H and O–H groups in total. The van der Waals surface area contributed by atoms with E-state index in [9.17, 15) is 18.0 Å². The zero-order chi connectivity index (χ0) is 22.9. The number of carboxylic acids is 1. The number of anilines is 2. The third-order valence-corrected chi connectivity index (χ3v) is 6.89. The second-order valence-corrected chi connectivity index (χ2v) is 9.30. The van der Waals surface area contributed by atoms with Crippen LogP contribution >= 0.6 is 0 Å². The fourth-order valence-corrected chi connectivity index (χ4v) is 4.84. The van der Waals surface area contributed by atoms with Gasteiger partial charge in [-0.3, -0.25) is 14.3 Å². The summed E-state index contributed by atoms with van der Waals surface area (Å²) in [5.41, 5.74) is 1.88. The van der Waals surface area contributed by atoms with Gasteiger partial charge in [-0.05, 0) is 48.5 Å². The number of nitrogens with one attached hydrogen (secondary N) is 1. The van der Waals surface area contributed by atoms with E-state index in [1.165, 1.54) is 29.2 Å². The molecule has 1 aliphatic rings. The first-order valence-electron chi connectivity index (χ1n) is 10.0. The summed E-state index contributed by atoms with van der Waals surface area (Å²) in [4.78, 5) is 24.7. The van der Waals surface area contributed by atoms with Gasteiger partial charge in [0.25, 0.3) is 10.0 Å². The second-order valence-electron chi connectivity index (χ2n) is 7.62. The highest BCUT2D eigenvalue weighted by atomic mass is 32.2. The maximum atomic E-state index is 12.8. The number of sulfonamides is 1. The zero-order valence-electron chi connectivity index (χ0n) is 17.4. The van der Waals surface area contributed by atoms with Crippen molar-refractivity contribution in [2.75, 3.05) is 29.9 Å². The van der Waals surface area contributed by atoms with Gasteiger partial charge in [-0.15, -0.1) is 0 Å². The smallest absolute Gasteiger partial charge is 0.308 e. The van der Waals surface area contributed by atoms with Gasteiger partial charge in [0.1, 0.15) is 0 Å². The highest BCUT2D eigenvalue weighted by Crippen LogP contribution is 2.27. The fourth-order valence-electron chi connectivity index (χ4n) is 3.79. The number of hydrogen-bond donors (Lipinski definition) is 2. The summed E-state index contributed by atoms with van der Waals surface area (Å²) < 4.78 is 35.4. The molecule has 0 aliphatic carbocycles. The number of carbonyl (C=O) groups excluding carboxylic acids is 1. The molecule has 10 heteroatoms. The van der Waals surface area contributed by atoms with E-state index in [4.69, 9.17) is 9.84 Å². The highest BCUT2D eigenvalue weighted by molar-refractivity contribution is 7.92. The predicted molar refractivity (Wildman–Crippen MR) is 119 cm³/mol. The topological polar surface area (TPSA) is 118 Å². The van der Waals surface area contributed by atoms with Crippen LogP contribution < -0.4 is 9.62 Å². The molecule has 1 fully saturated rings. The van der Waals surface area contributed by atoms with Crippen LogP contribution in [0.2, 0.25) is 0 Å². The van der Waals surface area contributed by atoms with Crippen molar-refractivity contribution >= 4 is 44.2 Å². The molecule has 1 saturated heterocycles. The molecule has 2 aromatic carbocycles. The standard InChI is InChI=1S/C22H23N3O6S/c1-31-11-10-24-9-8-15-12-17(2-7-20(15)24)23-32(29,30)19-5-3-18(4-6-19)25-14-16(22(27)28)13-21(25)26/h2-9,12,16,23H,10-11,13-14H2,1H3,(H,27,28). The van der Waals surface area contributed by atoms with Crippen LogP contribution in [0.25, 0.3) is 10.9 Å². The number of hydrogen-bond acceptors (Lipinski definition) is 5. The number of amides is 1. The molecule has 4 rings (SSSR count). The summed E-state index contributed by atoms with van der Waals surface area (Å²) in [5.74, 6) is -2.07. The lowest BCUT2D eigenvalue weighted by Gasteiger charge is -2.16. The molecule has 1 aliphatic heterocycles. The van der Waals surface area contributed by atoms with Crippen molar-refractivity contribution in [3.8, 4) is 0 Å². The Kier molecular flexibility index (Phi) is 5.90. The van der Waals surface area contributed by atoms with Gasteiger partial charge in [-0.1, -0.05) is 0 Å². The molecular formula is C22H23N3O6S. The number of fused-ring (bicyclic) bond motifs is 1. The lowest BCUT2D eigenvalue weighted by molar-refractivity contribution is -0.141. The van der Waals surface area contributed by atoms with Crippen LogP contribution in [0.5, 0.6) is 0 Å². The third-order valence-electron chi connectivity index (χ3n) is 5.49. The van der Waals surface area contributed by atoms with Crippen molar-refractivity contribution in [3.05, 3.63) is 54.7 Å². The van der Waals surface area contributed by atoms with E-state index in [1.54, 1.807) is 19.2 Å². The van der Waals surface area contributed by atoms with E-state index in [1.807, 2.05) is 22.9 Å². The average molecular weight is 458 g/mol. The van der Waals surface area contributed by atoms with Crippen molar-refractivity contribution in [1.29, 1.82) is 0 Å². The van der Waals surface area contributed by atoms with Gasteiger partial charge in [0.2, 0.25) is 5.91 Å². The molecule has 0 spiro atoms. The van der Waals surface area contributed by atoms with Gasteiger partial charge >= 0.3 is 5.97 Å². The number of nitrogens with zero attached hydrogens (tertiary/aromatic N) is 2. The molecule has 2 heterocycles. The van der Waals surface area contributed by atoms with Crippen LogP contribution in [0.15, 0.2) is 59.6 Å². The molecule has 0 saturated carbocycles. The lowest BCUT2D eigenvalue weighted by atomic mass is 10.1. The number of aliphatic carboxylic acids is 1. The van der Waals surface area contributed by atoms with Gasteiger partial charge in [0.15, 0.2) is 0 Å². The summed E-state index contributed by atoms with van der Waals surface area (Å²) >= 11 is 0. The molecule has 1 unspecified atom stereocenters. The maximum Gasteiger partial charge on any atom is 0.308 e. The second kappa shape index (κ2) is 8.64. The van der Waals surface area contributed by atoms with Crippen molar-refractivity contribution in [3.63, 3.8) is 0 Å². The Morgan fingerprint density at radius 3 is 2.59 bits per heavy atom. The van der Waals surface area contributed by atoms with Crippen LogP contribution in [-0.4, -0.2) is 50.2 Å². The van der Waals surface area contributed by atoms with Crippen LogP contribution in [0.3, 0.4) is 0 Å².